The molecule has 0 radical (unpaired) electrons. The average Bonchev–Trinajstić information content (AvgIpc) is 2.71. The lowest BCUT2D eigenvalue weighted by atomic mass is 10.0. The van der Waals surface area contributed by atoms with Crippen molar-refractivity contribution in [2.24, 2.45) is 0 Å². The van der Waals surface area contributed by atoms with E-state index in [1.165, 1.54) is 56.6 Å². The van der Waals surface area contributed by atoms with Gasteiger partial charge in [0.2, 0.25) is 0 Å². The Kier molecular flexibility index (Phi) is 9.62. The van der Waals surface area contributed by atoms with Crippen molar-refractivity contribution >= 4 is 35.0 Å². The SMILES string of the molecule is CCCCCCCCCc1ccc(OC(=O)Nc2cc(Cl)c(C)c(Cl)c2O)cc1. The van der Waals surface area contributed by atoms with Crippen LogP contribution in [-0.4, -0.2) is 11.2 Å². The van der Waals surface area contributed by atoms with Gasteiger partial charge in [-0.15, -0.1) is 0 Å². The molecule has 0 fully saturated rings. The minimum atomic E-state index is -0.726. The van der Waals surface area contributed by atoms with Crippen LogP contribution in [0.1, 0.15) is 63.0 Å². The summed E-state index contributed by atoms with van der Waals surface area (Å²) in [5.74, 6) is 0.185. The summed E-state index contributed by atoms with van der Waals surface area (Å²) < 4.78 is 5.27. The third-order valence-corrected chi connectivity index (χ3v) is 5.72. The van der Waals surface area contributed by atoms with Crippen molar-refractivity contribution in [1.82, 2.24) is 0 Å². The number of benzene rings is 2. The Morgan fingerprint density at radius 1 is 1.03 bits per heavy atom. The van der Waals surface area contributed by atoms with Gasteiger partial charge in [-0.1, -0.05) is 80.8 Å². The minimum absolute atomic E-state index is 0.0996. The van der Waals surface area contributed by atoms with Crippen LogP contribution in [0.3, 0.4) is 0 Å². The first-order valence-corrected chi connectivity index (χ1v) is 10.9. The highest BCUT2D eigenvalue weighted by molar-refractivity contribution is 6.37. The molecule has 6 heteroatoms. The summed E-state index contributed by atoms with van der Waals surface area (Å²) in [6, 6.07) is 8.91. The number of rotatable bonds is 10. The summed E-state index contributed by atoms with van der Waals surface area (Å²) in [6.45, 7) is 3.91. The average molecular weight is 438 g/mol. The molecule has 0 aromatic heterocycles. The fraction of sp³-hybridized carbons (Fsp3) is 0.435. The zero-order chi connectivity index (χ0) is 21.2. The Hall–Kier alpha value is -1.91. The number of nitrogens with one attached hydrogen (secondary N) is 1. The molecular weight excluding hydrogens is 409 g/mol. The van der Waals surface area contributed by atoms with Crippen LogP contribution in [0.4, 0.5) is 10.5 Å². The van der Waals surface area contributed by atoms with Gasteiger partial charge in [-0.05, 0) is 49.1 Å². The summed E-state index contributed by atoms with van der Waals surface area (Å²) in [4.78, 5) is 12.1. The molecule has 0 spiro atoms. The number of anilines is 1. The molecule has 0 aliphatic heterocycles. The molecule has 29 heavy (non-hydrogen) atoms. The monoisotopic (exact) mass is 437 g/mol. The largest absolute Gasteiger partial charge is 0.504 e. The molecule has 0 aliphatic rings. The second-order valence-corrected chi connectivity index (χ2v) is 8.01. The van der Waals surface area contributed by atoms with E-state index < -0.39 is 6.09 Å². The first kappa shape index (κ1) is 23.4. The van der Waals surface area contributed by atoms with Gasteiger partial charge in [0.05, 0.1) is 10.7 Å². The molecule has 0 unspecified atom stereocenters. The number of aryl methyl sites for hydroxylation is 1. The molecule has 2 N–H and O–H groups in total. The highest BCUT2D eigenvalue weighted by Gasteiger charge is 2.15. The Morgan fingerprint density at radius 3 is 2.31 bits per heavy atom. The molecule has 2 aromatic rings. The number of hydrogen-bond acceptors (Lipinski definition) is 3. The van der Waals surface area contributed by atoms with Crippen molar-refractivity contribution in [3.8, 4) is 11.5 Å². The third kappa shape index (κ3) is 7.45. The maximum Gasteiger partial charge on any atom is 0.417 e. The van der Waals surface area contributed by atoms with Gasteiger partial charge in [-0.25, -0.2) is 4.79 Å². The standard InChI is InChI=1S/C23H29Cl2NO3/c1-3-4-5-6-7-8-9-10-17-11-13-18(14-12-17)29-23(28)26-20-15-19(24)16(2)21(25)22(20)27/h11-15,27H,3-10H2,1-2H3,(H,26,28). The van der Waals surface area contributed by atoms with Gasteiger partial charge in [0.1, 0.15) is 5.75 Å². The number of hydrogen-bond donors (Lipinski definition) is 2. The number of carbonyl (C=O) groups excluding carboxylic acids is 1. The lowest BCUT2D eigenvalue weighted by Gasteiger charge is -2.12. The number of ether oxygens (including phenoxy) is 1. The summed E-state index contributed by atoms with van der Waals surface area (Å²) in [7, 11) is 0. The summed E-state index contributed by atoms with van der Waals surface area (Å²) >= 11 is 12.1. The number of carbonyl (C=O) groups is 1. The second kappa shape index (κ2) is 11.9. The Morgan fingerprint density at radius 2 is 1.66 bits per heavy atom. The molecule has 0 atom stereocenters. The molecule has 0 saturated carbocycles. The summed E-state index contributed by atoms with van der Waals surface area (Å²) in [5.41, 5.74) is 1.87. The molecule has 1 amide bonds. The molecule has 0 bridgehead atoms. The van der Waals surface area contributed by atoms with Gasteiger partial charge in [-0.3, -0.25) is 5.32 Å². The predicted molar refractivity (Wildman–Crippen MR) is 121 cm³/mol. The molecule has 4 nitrogen and oxygen atoms in total. The maximum absolute atomic E-state index is 12.1. The van der Waals surface area contributed by atoms with Gasteiger partial charge in [0.25, 0.3) is 0 Å². The van der Waals surface area contributed by atoms with E-state index in [1.54, 1.807) is 19.1 Å². The second-order valence-electron chi connectivity index (χ2n) is 7.22. The van der Waals surface area contributed by atoms with Crippen LogP contribution in [0.15, 0.2) is 30.3 Å². The lowest BCUT2D eigenvalue weighted by Crippen LogP contribution is -2.17. The smallest absolute Gasteiger partial charge is 0.417 e. The van der Waals surface area contributed by atoms with Crippen LogP contribution in [0.2, 0.25) is 10.0 Å². The number of amides is 1. The van der Waals surface area contributed by atoms with Gasteiger partial charge in [0, 0.05) is 5.02 Å². The van der Waals surface area contributed by atoms with Crippen LogP contribution in [0, 0.1) is 6.92 Å². The van der Waals surface area contributed by atoms with E-state index in [0.717, 1.165) is 6.42 Å². The van der Waals surface area contributed by atoms with Crippen LogP contribution in [0.25, 0.3) is 0 Å². The minimum Gasteiger partial charge on any atom is -0.504 e. The first-order valence-electron chi connectivity index (χ1n) is 10.2. The zero-order valence-electron chi connectivity index (χ0n) is 17.1. The van der Waals surface area contributed by atoms with Gasteiger partial charge >= 0.3 is 6.09 Å². The normalized spacial score (nSPS) is 10.8. The van der Waals surface area contributed by atoms with Crippen LogP contribution < -0.4 is 10.1 Å². The van der Waals surface area contributed by atoms with Gasteiger partial charge in [0.15, 0.2) is 5.75 Å². The van der Waals surface area contributed by atoms with Crippen molar-refractivity contribution in [2.45, 2.75) is 65.2 Å². The molecule has 0 aliphatic carbocycles. The Labute approximate surface area is 183 Å². The van der Waals surface area contributed by atoms with Crippen molar-refractivity contribution in [3.63, 3.8) is 0 Å². The van der Waals surface area contributed by atoms with E-state index in [4.69, 9.17) is 27.9 Å². The number of unbranched alkanes of at least 4 members (excludes halogenated alkanes) is 6. The summed E-state index contributed by atoms with van der Waals surface area (Å²) in [5, 5.41) is 13.0. The molecule has 2 aromatic carbocycles. The van der Waals surface area contributed by atoms with E-state index in [1.807, 2.05) is 12.1 Å². The van der Waals surface area contributed by atoms with Crippen molar-refractivity contribution in [2.75, 3.05) is 5.32 Å². The lowest BCUT2D eigenvalue weighted by molar-refractivity contribution is 0.215. The Bertz CT molecular complexity index is 807. The molecule has 0 saturated heterocycles. The molecule has 158 valence electrons. The number of phenols is 1. The topological polar surface area (TPSA) is 58.6 Å². The van der Waals surface area contributed by atoms with E-state index in [2.05, 4.69) is 12.2 Å². The van der Waals surface area contributed by atoms with Crippen LogP contribution >= 0.6 is 23.2 Å². The highest BCUT2D eigenvalue weighted by Crippen LogP contribution is 2.38. The van der Waals surface area contributed by atoms with E-state index in [-0.39, 0.29) is 16.5 Å². The number of halogens is 2. The van der Waals surface area contributed by atoms with Crippen molar-refractivity contribution < 1.29 is 14.6 Å². The predicted octanol–water partition coefficient (Wildman–Crippen LogP) is 7.91. The fourth-order valence-electron chi connectivity index (χ4n) is 3.05. The quantitative estimate of drug-likeness (QED) is 0.293. The molecule has 2 rings (SSSR count). The molecule has 0 heterocycles. The third-order valence-electron chi connectivity index (χ3n) is 4.86. The fourth-order valence-corrected chi connectivity index (χ4v) is 3.51. The van der Waals surface area contributed by atoms with E-state index in [9.17, 15) is 9.90 Å². The zero-order valence-corrected chi connectivity index (χ0v) is 18.6. The van der Waals surface area contributed by atoms with Crippen LogP contribution in [0.5, 0.6) is 11.5 Å². The number of aromatic hydroxyl groups is 1. The van der Waals surface area contributed by atoms with Crippen LogP contribution in [-0.2, 0) is 6.42 Å². The maximum atomic E-state index is 12.1. The Balaban J connectivity index is 1.80. The number of phenolic OH excluding ortho intramolecular Hbond substituents is 1. The van der Waals surface area contributed by atoms with Gasteiger partial charge in [-0.2, -0.15) is 0 Å². The van der Waals surface area contributed by atoms with Crippen molar-refractivity contribution in [1.29, 1.82) is 0 Å². The van der Waals surface area contributed by atoms with E-state index >= 15 is 0 Å². The molecular formula is C23H29Cl2NO3. The van der Waals surface area contributed by atoms with E-state index in [0.29, 0.717) is 16.3 Å². The summed E-state index contributed by atoms with van der Waals surface area (Å²) in [6.07, 6.45) is 9.27. The van der Waals surface area contributed by atoms with Crippen molar-refractivity contribution in [3.05, 3.63) is 51.5 Å². The first-order chi connectivity index (χ1) is 13.9. The highest BCUT2D eigenvalue weighted by atomic mass is 35.5. The van der Waals surface area contributed by atoms with Gasteiger partial charge < -0.3 is 9.84 Å².